The number of benzene rings is 1. The SMILES string of the molecule is CC(C)c1[nH]nc(-c2ccc(O)cc2)c1C#N. The zero-order valence-corrected chi connectivity index (χ0v) is 9.73. The van der Waals surface area contributed by atoms with Crippen LogP contribution in [0, 0.1) is 11.3 Å². The van der Waals surface area contributed by atoms with Gasteiger partial charge < -0.3 is 5.11 Å². The number of rotatable bonds is 2. The summed E-state index contributed by atoms with van der Waals surface area (Å²) >= 11 is 0. The Morgan fingerprint density at radius 1 is 1.29 bits per heavy atom. The lowest BCUT2D eigenvalue weighted by molar-refractivity contribution is 0.475. The first kappa shape index (κ1) is 11.2. The number of hydrogen-bond donors (Lipinski definition) is 2. The summed E-state index contributed by atoms with van der Waals surface area (Å²) in [5.41, 5.74) is 2.87. The molecule has 0 radical (unpaired) electrons. The number of nitriles is 1. The Labute approximate surface area is 99.5 Å². The van der Waals surface area contributed by atoms with Crippen molar-refractivity contribution in [3.63, 3.8) is 0 Å². The lowest BCUT2D eigenvalue weighted by Gasteiger charge is -2.01. The van der Waals surface area contributed by atoms with Crippen molar-refractivity contribution in [2.75, 3.05) is 0 Å². The molecule has 0 spiro atoms. The average Bonchev–Trinajstić information content (AvgIpc) is 2.73. The summed E-state index contributed by atoms with van der Waals surface area (Å²) in [6.07, 6.45) is 0. The normalized spacial score (nSPS) is 10.5. The minimum absolute atomic E-state index is 0.201. The molecular formula is C13H13N3O. The largest absolute Gasteiger partial charge is 0.508 e. The smallest absolute Gasteiger partial charge is 0.115 e. The molecule has 2 aromatic rings. The quantitative estimate of drug-likeness (QED) is 0.828. The van der Waals surface area contributed by atoms with E-state index in [0.29, 0.717) is 11.3 Å². The number of phenols is 1. The van der Waals surface area contributed by atoms with E-state index in [0.717, 1.165) is 11.3 Å². The van der Waals surface area contributed by atoms with E-state index in [2.05, 4.69) is 16.3 Å². The topological polar surface area (TPSA) is 72.7 Å². The molecule has 0 atom stereocenters. The standard InChI is InChI=1S/C13H13N3O/c1-8(2)12-11(7-14)13(16-15-12)9-3-5-10(17)6-4-9/h3-6,8,17H,1-2H3,(H,15,16). The van der Waals surface area contributed by atoms with Gasteiger partial charge in [-0.15, -0.1) is 0 Å². The van der Waals surface area contributed by atoms with Gasteiger partial charge in [0.15, 0.2) is 0 Å². The minimum Gasteiger partial charge on any atom is -0.508 e. The number of aromatic nitrogens is 2. The second-order valence-corrected chi connectivity index (χ2v) is 4.17. The van der Waals surface area contributed by atoms with Crippen molar-refractivity contribution in [3.8, 4) is 23.1 Å². The lowest BCUT2D eigenvalue weighted by atomic mass is 10.0. The van der Waals surface area contributed by atoms with Crippen LogP contribution in [0.1, 0.15) is 31.0 Å². The first-order valence-corrected chi connectivity index (χ1v) is 5.41. The van der Waals surface area contributed by atoms with Gasteiger partial charge in [0, 0.05) is 5.56 Å². The van der Waals surface area contributed by atoms with E-state index < -0.39 is 0 Å². The number of H-pyrrole nitrogens is 1. The predicted octanol–water partition coefficient (Wildman–Crippen LogP) is 2.78. The molecule has 0 aliphatic heterocycles. The van der Waals surface area contributed by atoms with Crippen molar-refractivity contribution >= 4 is 0 Å². The van der Waals surface area contributed by atoms with Crippen LogP contribution in [-0.2, 0) is 0 Å². The van der Waals surface area contributed by atoms with Crippen LogP contribution < -0.4 is 0 Å². The number of nitrogens with zero attached hydrogens (tertiary/aromatic N) is 2. The Bertz CT molecular complexity index is 561. The molecule has 86 valence electrons. The van der Waals surface area contributed by atoms with Gasteiger partial charge in [0.1, 0.15) is 23.1 Å². The first-order valence-electron chi connectivity index (χ1n) is 5.41. The zero-order valence-electron chi connectivity index (χ0n) is 9.73. The summed E-state index contributed by atoms with van der Waals surface area (Å²) in [4.78, 5) is 0. The molecule has 17 heavy (non-hydrogen) atoms. The Balaban J connectivity index is 2.53. The maximum absolute atomic E-state index is 9.23. The molecule has 0 bridgehead atoms. The molecule has 1 heterocycles. The number of phenolic OH excluding ortho intramolecular Hbond substituents is 1. The van der Waals surface area contributed by atoms with Crippen LogP contribution in [0.15, 0.2) is 24.3 Å². The van der Waals surface area contributed by atoms with E-state index in [4.69, 9.17) is 0 Å². The van der Waals surface area contributed by atoms with Gasteiger partial charge in [-0.3, -0.25) is 5.10 Å². The van der Waals surface area contributed by atoms with Crippen LogP contribution in [0.25, 0.3) is 11.3 Å². The highest BCUT2D eigenvalue weighted by Gasteiger charge is 2.16. The maximum Gasteiger partial charge on any atom is 0.115 e. The fourth-order valence-electron chi connectivity index (χ4n) is 1.71. The van der Waals surface area contributed by atoms with Crippen molar-refractivity contribution in [2.24, 2.45) is 0 Å². The Hall–Kier alpha value is -2.28. The monoisotopic (exact) mass is 227 g/mol. The molecule has 4 heteroatoms. The van der Waals surface area contributed by atoms with Gasteiger partial charge in [0.25, 0.3) is 0 Å². The second-order valence-electron chi connectivity index (χ2n) is 4.17. The van der Waals surface area contributed by atoms with Gasteiger partial charge >= 0.3 is 0 Å². The molecule has 2 rings (SSSR count). The van der Waals surface area contributed by atoms with Crippen LogP contribution in [0.2, 0.25) is 0 Å². The molecule has 0 saturated carbocycles. The molecule has 0 aliphatic carbocycles. The van der Waals surface area contributed by atoms with E-state index in [9.17, 15) is 10.4 Å². The Kier molecular flexibility index (Phi) is 2.84. The summed E-state index contributed by atoms with van der Waals surface area (Å²) in [7, 11) is 0. The predicted molar refractivity (Wildman–Crippen MR) is 64.5 cm³/mol. The van der Waals surface area contributed by atoms with E-state index in [1.807, 2.05) is 13.8 Å². The van der Waals surface area contributed by atoms with Gasteiger partial charge in [-0.1, -0.05) is 13.8 Å². The first-order chi connectivity index (χ1) is 8.13. The van der Waals surface area contributed by atoms with Crippen molar-refractivity contribution in [1.29, 1.82) is 5.26 Å². The maximum atomic E-state index is 9.23. The van der Waals surface area contributed by atoms with E-state index in [1.54, 1.807) is 24.3 Å². The Morgan fingerprint density at radius 3 is 2.47 bits per heavy atom. The van der Waals surface area contributed by atoms with Crippen LogP contribution >= 0.6 is 0 Å². The second kappa shape index (κ2) is 4.30. The fourth-order valence-corrected chi connectivity index (χ4v) is 1.71. The van der Waals surface area contributed by atoms with Gasteiger partial charge in [0.05, 0.1) is 5.69 Å². The van der Waals surface area contributed by atoms with Crippen LogP contribution in [0.4, 0.5) is 0 Å². The van der Waals surface area contributed by atoms with Gasteiger partial charge in [0.2, 0.25) is 0 Å². The van der Waals surface area contributed by atoms with Crippen LogP contribution in [0.5, 0.6) is 5.75 Å². The molecular weight excluding hydrogens is 214 g/mol. The van der Waals surface area contributed by atoms with Crippen LogP contribution in [0.3, 0.4) is 0 Å². The Morgan fingerprint density at radius 2 is 1.94 bits per heavy atom. The molecule has 0 saturated heterocycles. The van der Waals surface area contributed by atoms with Crippen LogP contribution in [-0.4, -0.2) is 15.3 Å². The lowest BCUT2D eigenvalue weighted by Crippen LogP contribution is -1.91. The van der Waals surface area contributed by atoms with Gasteiger partial charge in [-0.05, 0) is 30.2 Å². The third kappa shape index (κ3) is 2.00. The molecule has 0 aliphatic rings. The van der Waals surface area contributed by atoms with Crippen molar-refractivity contribution < 1.29 is 5.11 Å². The third-order valence-electron chi connectivity index (χ3n) is 2.62. The molecule has 2 N–H and O–H groups in total. The van der Waals surface area contributed by atoms with Crippen molar-refractivity contribution in [1.82, 2.24) is 10.2 Å². The summed E-state index contributed by atoms with van der Waals surface area (Å²) in [5, 5.41) is 25.5. The highest BCUT2D eigenvalue weighted by Crippen LogP contribution is 2.27. The fraction of sp³-hybridized carbons (Fsp3) is 0.231. The summed E-state index contributed by atoms with van der Waals surface area (Å²) in [6, 6.07) is 8.84. The molecule has 1 aromatic carbocycles. The van der Waals surface area contributed by atoms with E-state index in [1.165, 1.54) is 0 Å². The number of aromatic hydroxyl groups is 1. The number of aromatic amines is 1. The van der Waals surface area contributed by atoms with E-state index >= 15 is 0 Å². The van der Waals surface area contributed by atoms with Crippen molar-refractivity contribution in [3.05, 3.63) is 35.5 Å². The molecule has 0 unspecified atom stereocenters. The minimum atomic E-state index is 0.201. The van der Waals surface area contributed by atoms with Gasteiger partial charge in [-0.2, -0.15) is 10.4 Å². The highest BCUT2D eigenvalue weighted by atomic mass is 16.3. The molecule has 0 amide bonds. The zero-order chi connectivity index (χ0) is 12.4. The third-order valence-corrected chi connectivity index (χ3v) is 2.62. The summed E-state index contributed by atoms with van der Waals surface area (Å²) in [6.45, 7) is 4.02. The number of nitrogens with one attached hydrogen (secondary N) is 1. The van der Waals surface area contributed by atoms with E-state index in [-0.39, 0.29) is 11.7 Å². The van der Waals surface area contributed by atoms with Gasteiger partial charge in [-0.25, -0.2) is 0 Å². The van der Waals surface area contributed by atoms with Crippen molar-refractivity contribution in [2.45, 2.75) is 19.8 Å². The summed E-state index contributed by atoms with van der Waals surface area (Å²) in [5.74, 6) is 0.426. The highest BCUT2D eigenvalue weighted by molar-refractivity contribution is 5.68. The summed E-state index contributed by atoms with van der Waals surface area (Å²) < 4.78 is 0. The molecule has 0 fully saturated rings. The number of hydrogen-bond acceptors (Lipinski definition) is 3. The molecule has 1 aromatic heterocycles. The average molecular weight is 227 g/mol. The molecule has 4 nitrogen and oxygen atoms in total.